The van der Waals surface area contributed by atoms with Crippen molar-refractivity contribution in [3.63, 3.8) is 0 Å². The molecular weight excluding hydrogens is 336 g/mol. The van der Waals surface area contributed by atoms with E-state index in [1.807, 2.05) is 0 Å². The van der Waals surface area contributed by atoms with E-state index in [-0.39, 0.29) is 17.0 Å². The molecule has 1 heterocycles. The van der Waals surface area contributed by atoms with Crippen molar-refractivity contribution in [2.24, 2.45) is 0 Å². The number of aromatic nitrogens is 2. The van der Waals surface area contributed by atoms with Gasteiger partial charge in [-0.1, -0.05) is 6.07 Å². The summed E-state index contributed by atoms with van der Waals surface area (Å²) >= 11 is 0. The maximum atomic E-state index is 11.1. The molecule has 0 spiro atoms. The number of nitriles is 1. The zero-order chi connectivity index (χ0) is 18.7. The Balaban J connectivity index is 2.05. The lowest BCUT2D eigenvalue weighted by molar-refractivity contribution is -0.385. The molecule has 2 aromatic carbocycles. The van der Waals surface area contributed by atoms with Gasteiger partial charge in [-0.25, -0.2) is 4.98 Å². The van der Waals surface area contributed by atoms with Gasteiger partial charge < -0.3 is 14.5 Å². The van der Waals surface area contributed by atoms with E-state index in [1.165, 1.54) is 25.3 Å². The van der Waals surface area contributed by atoms with Gasteiger partial charge in [0.25, 0.3) is 0 Å². The number of allylic oxidation sites excluding steroid dienone is 1. The van der Waals surface area contributed by atoms with Crippen LogP contribution < -0.4 is 9.47 Å². The van der Waals surface area contributed by atoms with Gasteiger partial charge in [-0.2, -0.15) is 5.26 Å². The minimum absolute atomic E-state index is 0.154. The van der Waals surface area contributed by atoms with Crippen LogP contribution >= 0.6 is 0 Å². The van der Waals surface area contributed by atoms with Crippen molar-refractivity contribution < 1.29 is 14.4 Å². The number of benzene rings is 2. The summed E-state index contributed by atoms with van der Waals surface area (Å²) in [5.74, 6) is 1.19. The van der Waals surface area contributed by atoms with E-state index in [0.29, 0.717) is 22.7 Å². The van der Waals surface area contributed by atoms with E-state index in [1.54, 1.807) is 31.4 Å². The second-order valence-electron chi connectivity index (χ2n) is 5.33. The zero-order valence-corrected chi connectivity index (χ0v) is 14.0. The number of ether oxygens (including phenoxy) is 2. The average molecular weight is 350 g/mol. The maximum Gasteiger partial charge on any atom is 0.311 e. The van der Waals surface area contributed by atoms with Gasteiger partial charge >= 0.3 is 5.69 Å². The summed E-state index contributed by atoms with van der Waals surface area (Å²) in [5, 5.41) is 20.6. The Labute approximate surface area is 148 Å². The molecule has 1 N–H and O–H groups in total. The summed E-state index contributed by atoms with van der Waals surface area (Å²) in [6.07, 6.45) is 1.53. The second-order valence-corrected chi connectivity index (χ2v) is 5.33. The quantitative estimate of drug-likeness (QED) is 0.427. The van der Waals surface area contributed by atoms with E-state index >= 15 is 0 Å². The largest absolute Gasteiger partial charge is 0.497 e. The van der Waals surface area contributed by atoms with Crippen molar-refractivity contribution in [1.29, 1.82) is 5.26 Å². The highest BCUT2D eigenvalue weighted by Gasteiger charge is 2.15. The topological polar surface area (TPSA) is 114 Å². The molecular formula is C18H14N4O4. The fraction of sp³-hybridized carbons (Fsp3) is 0.111. The first-order valence-corrected chi connectivity index (χ1v) is 7.54. The third-order valence-electron chi connectivity index (χ3n) is 3.78. The highest BCUT2D eigenvalue weighted by molar-refractivity contribution is 5.90. The van der Waals surface area contributed by atoms with Gasteiger partial charge in [-0.3, -0.25) is 10.1 Å². The molecule has 130 valence electrons. The van der Waals surface area contributed by atoms with E-state index in [4.69, 9.17) is 9.47 Å². The number of nitrogens with one attached hydrogen (secondary N) is 1. The molecule has 0 aliphatic heterocycles. The molecule has 8 nitrogen and oxygen atoms in total. The molecule has 3 rings (SSSR count). The van der Waals surface area contributed by atoms with Crippen molar-refractivity contribution >= 4 is 28.4 Å². The number of hydrogen-bond donors (Lipinski definition) is 1. The average Bonchev–Trinajstić information content (AvgIpc) is 3.08. The summed E-state index contributed by atoms with van der Waals surface area (Å²) in [6, 6.07) is 11.9. The number of aromatic amines is 1. The van der Waals surface area contributed by atoms with Crippen LogP contribution in [0.2, 0.25) is 0 Å². The third kappa shape index (κ3) is 3.18. The summed E-state index contributed by atoms with van der Waals surface area (Å²) < 4.78 is 10.1. The minimum atomic E-state index is -0.532. The predicted molar refractivity (Wildman–Crippen MR) is 95.8 cm³/mol. The van der Waals surface area contributed by atoms with Gasteiger partial charge in [-0.05, 0) is 29.8 Å². The first-order valence-electron chi connectivity index (χ1n) is 7.54. The number of fused-ring (bicyclic) bond motifs is 1. The van der Waals surface area contributed by atoms with Gasteiger partial charge in [0.2, 0.25) is 0 Å². The van der Waals surface area contributed by atoms with Gasteiger partial charge in [0.15, 0.2) is 5.75 Å². The molecule has 8 heteroatoms. The SMILES string of the molecule is COc1ccc2nc(/C(C#N)=C\c3ccc(OC)c([N+](=O)[O-])c3)[nH]c2c1. The van der Waals surface area contributed by atoms with Crippen molar-refractivity contribution in [3.05, 3.63) is 57.9 Å². The zero-order valence-electron chi connectivity index (χ0n) is 14.0. The van der Waals surface area contributed by atoms with Crippen LogP contribution in [0.1, 0.15) is 11.4 Å². The molecule has 1 aromatic heterocycles. The molecule has 0 amide bonds. The lowest BCUT2D eigenvalue weighted by Crippen LogP contribution is -1.94. The Morgan fingerprint density at radius 1 is 1.27 bits per heavy atom. The van der Waals surface area contributed by atoms with Crippen molar-refractivity contribution in [2.75, 3.05) is 14.2 Å². The Hall–Kier alpha value is -3.86. The van der Waals surface area contributed by atoms with Gasteiger partial charge in [-0.15, -0.1) is 0 Å². The van der Waals surface area contributed by atoms with E-state index in [9.17, 15) is 15.4 Å². The lowest BCUT2D eigenvalue weighted by atomic mass is 10.1. The van der Waals surface area contributed by atoms with E-state index in [0.717, 1.165) is 5.52 Å². The number of methoxy groups -OCH3 is 2. The van der Waals surface area contributed by atoms with Gasteiger partial charge in [0.05, 0.1) is 35.7 Å². The summed E-state index contributed by atoms with van der Waals surface area (Å²) in [4.78, 5) is 18.1. The van der Waals surface area contributed by atoms with Crippen molar-refractivity contribution in [3.8, 4) is 17.6 Å². The van der Waals surface area contributed by atoms with Crippen LogP contribution in [0.25, 0.3) is 22.7 Å². The maximum absolute atomic E-state index is 11.1. The highest BCUT2D eigenvalue weighted by Crippen LogP contribution is 2.29. The molecule has 0 aliphatic carbocycles. The molecule has 0 saturated heterocycles. The number of hydrogen-bond acceptors (Lipinski definition) is 6. The third-order valence-corrected chi connectivity index (χ3v) is 3.78. The molecule has 0 atom stereocenters. The van der Waals surface area contributed by atoms with Crippen LogP contribution in [-0.2, 0) is 0 Å². The predicted octanol–water partition coefficient (Wildman–Crippen LogP) is 3.55. The van der Waals surface area contributed by atoms with Crippen LogP contribution in [0.5, 0.6) is 11.5 Å². The van der Waals surface area contributed by atoms with Crippen LogP contribution in [0, 0.1) is 21.4 Å². The molecule has 0 fully saturated rings. The molecule has 0 saturated carbocycles. The molecule has 0 aliphatic rings. The van der Waals surface area contributed by atoms with Crippen LogP contribution in [0.4, 0.5) is 5.69 Å². The van der Waals surface area contributed by atoms with Crippen molar-refractivity contribution in [2.45, 2.75) is 0 Å². The fourth-order valence-electron chi connectivity index (χ4n) is 2.50. The lowest BCUT2D eigenvalue weighted by Gasteiger charge is -2.02. The van der Waals surface area contributed by atoms with Crippen LogP contribution in [0.15, 0.2) is 36.4 Å². The number of nitro benzene ring substituents is 1. The van der Waals surface area contributed by atoms with Gasteiger partial charge in [0.1, 0.15) is 17.6 Å². The summed E-state index contributed by atoms with van der Waals surface area (Å²) in [6.45, 7) is 0. The first-order chi connectivity index (χ1) is 12.5. The number of nitro groups is 1. The molecule has 0 bridgehead atoms. The highest BCUT2D eigenvalue weighted by atomic mass is 16.6. The molecule has 0 radical (unpaired) electrons. The van der Waals surface area contributed by atoms with Crippen LogP contribution in [0.3, 0.4) is 0 Å². The smallest absolute Gasteiger partial charge is 0.311 e. The monoisotopic (exact) mass is 350 g/mol. The Morgan fingerprint density at radius 3 is 2.73 bits per heavy atom. The standard InChI is InChI=1S/C18H14N4O4/c1-25-13-4-5-14-15(9-13)21-18(20-14)12(10-19)7-11-3-6-17(26-2)16(8-11)22(23)24/h3-9H,1-2H3,(H,20,21)/b12-7-. The summed E-state index contributed by atoms with van der Waals surface area (Å²) in [7, 11) is 2.93. The summed E-state index contributed by atoms with van der Waals surface area (Å²) in [5.41, 5.74) is 1.98. The van der Waals surface area contributed by atoms with Crippen LogP contribution in [-0.4, -0.2) is 29.1 Å². The minimum Gasteiger partial charge on any atom is -0.497 e. The second kappa shape index (κ2) is 6.94. The first kappa shape index (κ1) is 17.0. The molecule has 0 unspecified atom stereocenters. The Bertz CT molecular complexity index is 1060. The number of rotatable bonds is 5. The number of H-pyrrole nitrogens is 1. The molecule has 26 heavy (non-hydrogen) atoms. The van der Waals surface area contributed by atoms with E-state index in [2.05, 4.69) is 16.0 Å². The normalized spacial score (nSPS) is 11.2. The van der Waals surface area contributed by atoms with Gasteiger partial charge in [0, 0.05) is 12.1 Å². The number of nitrogens with zero attached hydrogens (tertiary/aromatic N) is 3. The number of imidazole rings is 1. The molecule has 3 aromatic rings. The fourth-order valence-corrected chi connectivity index (χ4v) is 2.50. The Morgan fingerprint density at radius 2 is 2.08 bits per heavy atom. The van der Waals surface area contributed by atoms with E-state index < -0.39 is 4.92 Å². The Kier molecular flexibility index (Phi) is 4.53. The van der Waals surface area contributed by atoms with Crippen molar-refractivity contribution in [1.82, 2.24) is 9.97 Å².